The first-order chi connectivity index (χ1) is 6.77. The Labute approximate surface area is 82.6 Å². The molecular formula is C11H12N2O. The van der Waals surface area contributed by atoms with Crippen molar-refractivity contribution in [2.75, 3.05) is 0 Å². The summed E-state index contributed by atoms with van der Waals surface area (Å²) in [6.45, 7) is 2.04. The van der Waals surface area contributed by atoms with E-state index in [4.69, 9.17) is 5.11 Å². The Morgan fingerprint density at radius 2 is 2.00 bits per heavy atom. The molecule has 0 saturated carbocycles. The summed E-state index contributed by atoms with van der Waals surface area (Å²) >= 11 is 0. The van der Waals surface area contributed by atoms with Gasteiger partial charge in [-0.15, -0.1) is 0 Å². The van der Waals surface area contributed by atoms with Crippen LogP contribution in [0.5, 0.6) is 5.75 Å². The molecule has 0 aliphatic carbocycles. The molecule has 2 aromatic rings. The van der Waals surface area contributed by atoms with E-state index in [0.29, 0.717) is 0 Å². The lowest BCUT2D eigenvalue weighted by atomic mass is 10.1. The molecule has 1 aromatic heterocycles. The molecule has 3 nitrogen and oxygen atoms in total. The van der Waals surface area contributed by atoms with E-state index in [9.17, 15) is 0 Å². The van der Waals surface area contributed by atoms with Crippen LogP contribution in [-0.2, 0) is 0 Å². The fourth-order valence-electron chi connectivity index (χ4n) is 1.42. The van der Waals surface area contributed by atoms with Crippen LogP contribution in [0.3, 0.4) is 0 Å². The molecule has 0 unspecified atom stereocenters. The second kappa shape index (κ2) is 3.54. The number of benzene rings is 1. The molecular weight excluding hydrogens is 176 g/mol. The smallest absolute Gasteiger partial charge is 0.153 e. The normalized spacial score (nSPS) is 12.6. The van der Waals surface area contributed by atoms with Crippen LogP contribution in [0.2, 0.25) is 0 Å². The molecule has 2 rings (SSSR count). The van der Waals surface area contributed by atoms with Crippen LogP contribution in [-0.4, -0.2) is 14.9 Å². The lowest BCUT2D eigenvalue weighted by Gasteiger charge is -2.11. The third-order valence-electron chi connectivity index (χ3n) is 2.27. The standard InChI is InChI=1S/C11H12N2O/c1-9(10-5-3-2-4-6-10)13-8-11(14)7-12-13/h2-9,14H,1H3/t9-/m1/s1. The highest BCUT2D eigenvalue weighted by atomic mass is 16.3. The van der Waals surface area contributed by atoms with Gasteiger partial charge in [-0.3, -0.25) is 4.68 Å². The van der Waals surface area contributed by atoms with Gasteiger partial charge in [0.25, 0.3) is 0 Å². The van der Waals surface area contributed by atoms with E-state index in [0.717, 1.165) is 0 Å². The maximum atomic E-state index is 9.17. The van der Waals surface area contributed by atoms with Gasteiger partial charge < -0.3 is 5.11 Å². The molecule has 14 heavy (non-hydrogen) atoms. The van der Waals surface area contributed by atoms with Crippen molar-refractivity contribution in [2.45, 2.75) is 13.0 Å². The highest BCUT2D eigenvalue weighted by Gasteiger charge is 2.07. The second-order valence-electron chi connectivity index (χ2n) is 3.27. The van der Waals surface area contributed by atoms with Crippen molar-refractivity contribution in [2.24, 2.45) is 0 Å². The number of hydrogen-bond acceptors (Lipinski definition) is 2. The summed E-state index contributed by atoms with van der Waals surface area (Å²) in [5, 5.41) is 13.2. The minimum absolute atomic E-state index is 0.150. The molecule has 1 N–H and O–H groups in total. The summed E-state index contributed by atoms with van der Waals surface area (Å²) in [5.74, 6) is 0.202. The van der Waals surface area contributed by atoms with Crippen molar-refractivity contribution in [3.63, 3.8) is 0 Å². The number of rotatable bonds is 2. The van der Waals surface area contributed by atoms with Crippen LogP contribution >= 0.6 is 0 Å². The largest absolute Gasteiger partial charge is 0.505 e. The molecule has 0 spiro atoms. The van der Waals surface area contributed by atoms with Crippen molar-refractivity contribution >= 4 is 0 Å². The topological polar surface area (TPSA) is 38.0 Å². The molecule has 1 aromatic carbocycles. The fraction of sp³-hybridized carbons (Fsp3) is 0.182. The SMILES string of the molecule is C[C@H](c1ccccc1)n1cc(O)cn1. The second-order valence-corrected chi connectivity index (χ2v) is 3.27. The van der Waals surface area contributed by atoms with E-state index in [1.807, 2.05) is 37.3 Å². The van der Waals surface area contributed by atoms with E-state index in [1.54, 1.807) is 10.9 Å². The molecule has 0 amide bonds. The third kappa shape index (κ3) is 1.62. The Balaban J connectivity index is 2.29. The Bertz CT molecular complexity index is 408. The Hall–Kier alpha value is -1.77. The summed E-state index contributed by atoms with van der Waals surface area (Å²) in [6, 6.07) is 10.2. The average Bonchev–Trinajstić information content (AvgIpc) is 2.65. The van der Waals surface area contributed by atoms with E-state index < -0.39 is 0 Å². The summed E-state index contributed by atoms with van der Waals surface area (Å²) < 4.78 is 1.74. The monoisotopic (exact) mass is 188 g/mol. The first kappa shape index (κ1) is 8.81. The summed E-state index contributed by atoms with van der Waals surface area (Å²) in [6.07, 6.45) is 3.07. The van der Waals surface area contributed by atoms with Crippen LogP contribution in [0.15, 0.2) is 42.7 Å². The predicted molar refractivity (Wildman–Crippen MR) is 54.1 cm³/mol. The Morgan fingerprint density at radius 1 is 1.29 bits per heavy atom. The minimum atomic E-state index is 0.150. The summed E-state index contributed by atoms with van der Waals surface area (Å²) in [7, 11) is 0. The average molecular weight is 188 g/mol. The zero-order chi connectivity index (χ0) is 9.97. The molecule has 0 aliphatic heterocycles. The highest BCUT2D eigenvalue weighted by Crippen LogP contribution is 2.18. The van der Waals surface area contributed by atoms with Gasteiger partial charge in [-0.2, -0.15) is 5.10 Å². The van der Waals surface area contributed by atoms with Crippen molar-refractivity contribution in [3.8, 4) is 5.75 Å². The molecule has 0 fully saturated rings. The van der Waals surface area contributed by atoms with Gasteiger partial charge in [0, 0.05) is 0 Å². The van der Waals surface area contributed by atoms with Gasteiger partial charge in [-0.1, -0.05) is 30.3 Å². The highest BCUT2D eigenvalue weighted by molar-refractivity contribution is 5.20. The summed E-state index contributed by atoms with van der Waals surface area (Å²) in [5.41, 5.74) is 1.18. The van der Waals surface area contributed by atoms with E-state index in [-0.39, 0.29) is 11.8 Å². The zero-order valence-corrected chi connectivity index (χ0v) is 7.96. The molecule has 0 bridgehead atoms. The molecule has 1 atom stereocenters. The zero-order valence-electron chi connectivity index (χ0n) is 7.96. The van der Waals surface area contributed by atoms with Gasteiger partial charge in [0.05, 0.1) is 18.4 Å². The summed E-state index contributed by atoms with van der Waals surface area (Å²) in [4.78, 5) is 0. The van der Waals surface area contributed by atoms with Crippen LogP contribution in [0.1, 0.15) is 18.5 Å². The maximum Gasteiger partial charge on any atom is 0.153 e. The minimum Gasteiger partial charge on any atom is -0.505 e. The quantitative estimate of drug-likeness (QED) is 0.784. The first-order valence-corrected chi connectivity index (χ1v) is 4.55. The van der Waals surface area contributed by atoms with Crippen LogP contribution in [0.4, 0.5) is 0 Å². The lowest BCUT2D eigenvalue weighted by Crippen LogP contribution is -2.06. The molecule has 0 saturated heterocycles. The van der Waals surface area contributed by atoms with Gasteiger partial charge in [0.2, 0.25) is 0 Å². The third-order valence-corrected chi connectivity index (χ3v) is 2.27. The Kier molecular flexibility index (Phi) is 2.23. The van der Waals surface area contributed by atoms with E-state index in [2.05, 4.69) is 5.10 Å². The van der Waals surface area contributed by atoms with Gasteiger partial charge >= 0.3 is 0 Å². The van der Waals surface area contributed by atoms with Crippen molar-refractivity contribution in [1.82, 2.24) is 9.78 Å². The van der Waals surface area contributed by atoms with Gasteiger partial charge in [-0.05, 0) is 12.5 Å². The number of aromatic nitrogens is 2. The molecule has 3 heteroatoms. The fourth-order valence-corrected chi connectivity index (χ4v) is 1.42. The van der Waals surface area contributed by atoms with Crippen molar-refractivity contribution in [1.29, 1.82) is 0 Å². The lowest BCUT2D eigenvalue weighted by molar-refractivity contribution is 0.472. The molecule has 1 heterocycles. The molecule has 72 valence electrons. The molecule has 0 aliphatic rings. The van der Waals surface area contributed by atoms with Crippen LogP contribution < -0.4 is 0 Å². The van der Waals surface area contributed by atoms with Gasteiger partial charge in [0.1, 0.15) is 0 Å². The number of hydrogen-bond donors (Lipinski definition) is 1. The number of nitrogens with zero attached hydrogens (tertiary/aromatic N) is 2. The van der Waals surface area contributed by atoms with Crippen molar-refractivity contribution in [3.05, 3.63) is 48.3 Å². The molecule has 0 radical (unpaired) electrons. The Morgan fingerprint density at radius 3 is 2.57 bits per heavy atom. The van der Waals surface area contributed by atoms with Crippen molar-refractivity contribution < 1.29 is 5.11 Å². The van der Waals surface area contributed by atoms with Crippen LogP contribution in [0, 0.1) is 0 Å². The predicted octanol–water partition coefficient (Wildman–Crippen LogP) is 2.20. The van der Waals surface area contributed by atoms with E-state index >= 15 is 0 Å². The maximum absolute atomic E-state index is 9.17. The van der Waals surface area contributed by atoms with E-state index in [1.165, 1.54) is 11.8 Å². The van der Waals surface area contributed by atoms with Gasteiger partial charge in [0.15, 0.2) is 5.75 Å². The van der Waals surface area contributed by atoms with Crippen LogP contribution in [0.25, 0.3) is 0 Å². The number of aromatic hydroxyl groups is 1. The first-order valence-electron chi connectivity index (χ1n) is 4.55. The van der Waals surface area contributed by atoms with Gasteiger partial charge in [-0.25, -0.2) is 0 Å².